The van der Waals surface area contributed by atoms with Crippen LogP contribution in [0.4, 0.5) is 5.69 Å². The highest BCUT2D eigenvalue weighted by Crippen LogP contribution is 2.27. The molecule has 7 heteroatoms. The maximum absolute atomic E-state index is 13.1. The van der Waals surface area contributed by atoms with E-state index in [9.17, 15) is 9.59 Å². The second-order valence-corrected chi connectivity index (χ2v) is 7.84. The van der Waals surface area contributed by atoms with Crippen LogP contribution in [0.3, 0.4) is 0 Å². The van der Waals surface area contributed by atoms with Crippen LogP contribution >= 0.6 is 11.6 Å². The largest absolute Gasteiger partial charge is 0.295 e. The number of carbonyl (C=O) groups is 1. The molecule has 0 spiro atoms. The molecule has 0 aliphatic carbocycles. The molecule has 1 aromatic heterocycles. The number of nitrogens with one attached hydrogen (secondary N) is 1. The summed E-state index contributed by atoms with van der Waals surface area (Å²) in [6.45, 7) is 7.59. The highest BCUT2D eigenvalue weighted by atomic mass is 35.5. The highest BCUT2D eigenvalue weighted by Gasteiger charge is 2.29. The molecule has 0 atom stereocenters. The number of hydrazone groups is 1. The Labute approximate surface area is 179 Å². The van der Waals surface area contributed by atoms with E-state index in [0.29, 0.717) is 33.3 Å². The molecule has 0 radical (unpaired) electrons. The first kappa shape index (κ1) is 19.9. The quantitative estimate of drug-likeness (QED) is 0.631. The maximum Gasteiger partial charge on any atom is 0.280 e. The predicted octanol–water partition coefficient (Wildman–Crippen LogP) is 4.55. The predicted molar refractivity (Wildman–Crippen MR) is 121 cm³/mol. The molecule has 4 rings (SSSR count). The fourth-order valence-electron chi connectivity index (χ4n) is 3.39. The van der Waals surface area contributed by atoms with Crippen molar-refractivity contribution in [2.75, 3.05) is 5.01 Å². The number of anilines is 1. The molecule has 6 nitrogen and oxygen atoms in total. The summed E-state index contributed by atoms with van der Waals surface area (Å²) in [7, 11) is 0. The van der Waals surface area contributed by atoms with Gasteiger partial charge in [-0.2, -0.15) is 10.1 Å². The first-order valence-electron chi connectivity index (χ1n) is 9.53. The zero-order chi connectivity index (χ0) is 21.6. The van der Waals surface area contributed by atoms with Crippen LogP contribution in [-0.4, -0.2) is 21.4 Å². The van der Waals surface area contributed by atoms with Crippen molar-refractivity contribution in [1.82, 2.24) is 9.78 Å². The Morgan fingerprint density at radius 3 is 2.43 bits per heavy atom. The Bertz CT molecular complexity index is 1300. The Morgan fingerprint density at radius 1 is 0.967 bits per heavy atom. The van der Waals surface area contributed by atoms with E-state index in [1.54, 1.807) is 37.3 Å². The van der Waals surface area contributed by atoms with Crippen LogP contribution in [0, 0.1) is 20.8 Å². The van der Waals surface area contributed by atoms with Gasteiger partial charge in [-0.05, 0) is 75.2 Å². The second-order valence-electron chi connectivity index (χ2n) is 7.40. The third-order valence-corrected chi connectivity index (χ3v) is 5.50. The second kappa shape index (κ2) is 7.46. The van der Waals surface area contributed by atoms with Gasteiger partial charge in [0, 0.05) is 10.7 Å². The van der Waals surface area contributed by atoms with Crippen LogP contribution in [0.15, 0.2) is 57.9 Å². The molecule has 0 fully saturated rings. The first-order valence-corrected chi connectivity index (χ1v) is 9.90. The van der Waals surface area contributed by atoms with Crippen molar-refractivity contribution >= 4 is 35.0 Å². The van der Waals surface area contributed by atoms with Crippen LogP contribution in [0.2, 0.25) is 5.02 Å². The SMILES string of the molecule is CC1=NN(c2cccc(Cl)c2)C(=O)/C1=C\c1c(C)[nH]n(-c2ccc(C)c(C)c2)c1=O. The van der Waals surface area contributed by atoms with Gasteiger partial charge in [-0.1, -0.05) is 23.7 Å². The van der Waals surface area contributed by atoms with Gasteiger partial charge >= 0.3 is 0 Å². The molecule has 0 unspecified atom stereocenters. The van der Waals surface area contributed by atoms with Gasteiger partial charge in [0.05, 0.1) is 28.2 Å². The van der Waals surface area contributed by atoms with Crippen molar-refractivity contribution < 1.29 is 4.79 Å². The molecular formula is C23H21ClN4O2. The van der Waals surface area contributed by atoms with Crippen molar-refractivity contribution in [2.24, 2.45) is 5.10 Å². The van der Waals surface area contributed by atoms with Gasteiger partial charge in [0.1, 0.15) is 0 Å². The number of H-pyrrole nitrogens is 1. The number of rotatable bonds is 3. The van der Waals surface area contributed by atoms with E-state index in [1.165, 1.54) is 9.69 Å². The van der Waals surface area contributed by atoms with Crippen LogP contribution in [0.25, 0.3) is 11.8 Å². The molecule has 30 heavy (non-hydrogen) atoms. The van der Waals surface area contributed by atoms with E-state index >= 15 is 0 Å². The minimum Gasteiger partial charge on any atom is -0.295 e. The summed E-state index contributed by atoms with van der Waals surface area (Å²) in [6.07, 6.45) is 1.61. The smallest absolute Gasteiger partial charge is 0.280 e. The molecule has 1 N–H and O–H groups in total. The standard InChI is InChI=1S/C23H21ClN4O2/c1-13-8-9-19(10-14(13)2)28-23(30)21(16(4)26-28)12-20-15(3)25-27(22(20)29)18-7-5-6-17(24)11-18/h5-12,26H,1-4H3/b20-12-. The fraction of sp³-hybridized carbons (Fsp3) is 0.174. The van der Waals surface area contributed by atoms with Crippen molar-refractivity contribution in [3.05, 3.63) is 85.8 Å². The first-order chi connectivity index (χ1) is 14.3. The van der Waals surface area contributed by atoms with Crippen molar-refractivity contribution in [1.29, 1.82) is 0 Å². The molecule has 2 aromatic carbocycles. The number of aromatic nitrogens is 2. The number of hydrogen-bond acceptors (Lipinski definition) is 3. The average molecular weight is 421 g/mol. The van der Waals surface area contributed by atoms with Gasteiger partial charge in [-0.15, -0.1) is 0 Å². The van der Waals surface area contributed by atoms with Crippen LogP contribution < -0.4 is 10.6 Å². The topological polar surface area (TPSA) is 70.5 Å². The van der Waals surface area contributed by atoms with Crippen molar-refractivity contribution in [3.63, 3.8) is 0 Å². The Kier molecular flexibility index (Phi) is 4.95. The van der Waals surface area contributed by atoms with E-state index in [1.807, 2.05) is 39.0 Å². The van der Waals surface area contributed by atoms with Crippen LogP contribution in [0.5, 0.6) is 0 Å². The number of carbonyl (C=O) groups excluding carboxylic acids is 1. The normalized spacial score (nSPS) is 15.2. The highest BCUT2D eigenvalue weighted by molar-refractivity contribution is 6.33. The summed E-state index contributed by atoms with van der Waals surface area (Å²) in [6, 6.07) is 12.8. The van der Waals surface area contributed by atoms with Gasteiger partial charge < -0.3 is 0 Å². The summed E-state index contributed by atoms with van der Waals surface area (Å²) in [5, 5.41) is 9.29. The monoisotopic (exact) mass is 420 g/mol. The zero-order valence-corrected chi connectivity index (χ0v) is 17.9. The number of aryl methyl sites for hydroxylation is 3. The molecular weight excluding hydrogens is 400 g/mol. The number of amides is 1. The Balaban J connectivity index is 1.74. The van der Waals surface area contributed by atoms with Crippen molar-refractivity contribution in [2.45, 2.75) is 27.7 Å². The zero-order valence-electron chi connectivity index (χ0n) is 17.2. The van der Waals surface area contributed by atoms with Gasteiger partial charge in [-0.25, -0.2) is 4.68 Å². The summed E-state index contributed by atoms with van der Waals surface area (Å²) in [4.78, 5) is 26.1. The Hall–Kier alpha value is -3.38. The lowest BCUT2D eigenvalue weighted by Crippen LogP contribution is -2.22. The third kappa shape index (κ3) is 3.39. The summed E-state index contributed by atoms with van der Waals surface area (Å²) < 4.78 is 1.49. The fourth-order valence-corrected chi connectivity index (χ4v) is 3.57. The number of benzene rings is 2. The van der Waals surface area contributed by atoms with Crippen LogP contribution in [0.1, 0.15) is 29.3 Å². The van der Waals surface area contributed by atoms with E-state index < -0.39 is 0 Å². The lowest BCUT2D eigenvalue weighted by Gasteiger charge is -2.11. The Morgan fingerprint density at radius 2 is 1.73 bits per heavy atom. The number of halogens is 1. The van der Waals surface area contributed by atoms with E-state index in [-0.39, 0.29) is 11.5 Å². The lowest BCUT2D eigenvalue weighted by molar-refractivity contribution is -0.114. The minimum absolute atomic E-state index is 0.218. The summed E-state index contributed by atoms with van der Waals surface area (Å²) in [5.41, 5.74) is 5.38. The molecule has 1 aliphatic rings. The van der Waals surface area contributed by atoms with Crippen LogP contribution in [-0.2, 0) is 4.79 Å². The van der Waals surface area contributed by atoms with E-state index in [2.05, 4.69) is 10.2 Å². The van der Waals surface area contributed by atoms with Gasteiger partial charge in [0.2, 0.25) is 0 Å². The summed E-state index contributed by atoms with van der Waals surface area (Å²) >= 11 is 6.05. The van der Waals surface area contributed by atoms with Gasteiger partial charge in [-0.3, -0.25) is 14.7 Å². The third-order valence-electron chi connectivity index (χ3n) is 5.27. The van der Waals surface area contributed by atoms with Crippen molar-refractivity contribution in [3.8, 4) is 5.69 Å². The van der Waals surface area contributed by atoms with E-state index in [4.69, 9.17) is 11.6 Å². The molecule has 152 valence electrons. The molecule has 0 bridgehead atoms. The molecule has 0 saturated heterocycles. The molecule has 1 aliphatic heterocycles. The molecule has 1 amide bonds. The maximum atomic E-state index is 13.1. The molecule has 3 aromatic rings. The molecule has 0 saturated carbocycles. The van der Waals surface area contributed by atoms with E-state index in [0.717, 1.165) is 16.8 Å². The lowest BCUT2D eigenvalue weighted by atomic mass is 10.1. The average Bonchev–Trinajstić information content (AvgIpc) is 3.15. The molecule has 2 heterocycles. The number of aromatic amines is 1. The summed E-state index contributed by atoms with van der Waals surface area (Å²) in [5.74, 6) is -0.299. The minimum atomic E-state index is -0.299. The van der Waals surface area contributed by atoms with Gasteiger partial charge in [0.15, 0.2) is 0 Å². The number of hydrogen-bond donors (Lipinski definition) is 1. The number of nitrogens with zero attached hydrogens (tertiary/aromatic N) is 3. The van der Waals surface area contributed by atoms with Gasteiger partial charge in [0.25, 0.3) is 11.5 Å².